The van der Waals surface area contributed by atoms with E-state index in [1.807, 2.05) is 38.4 Å². The highest BCUT2D eigenvalue weighted by Crippen LogP contribution is 2.37. The molecule has 0 heterocycles. The topological polar surface area (TPSA) is 280 Å². The van der Waals surface area contributed by atoms with E-state index < -0.39 is 68.4 Å². The third-order valence-corrected chi connectivity index (χ3v) is 17.5. The van der Waals surface area contributed by atoms with Gasteiger partial charge in [0.15, 0.2) is 0 Å². The molecule has 244 valence electrons. The summed E-state index contributed by atoms with van der Waals surface area (Å²) < 4.78 is 114. The molecule has 0 aliphatic carbocycles. The van der Waals surface area contributed by atoms with Gasteiger partial charge in [-0.05, 0) is 58.3 Å². The molecule has 0 saturated heterocycles. The minimum Gasteiger partial charge on any atom is -0.215 e. The van der Waals surface area contributed by atoms with Gasteiger partial charge in [0, 0.05) is 51.9 Å². The fourth-order valence-electron chi connectivity index (χ4n) is 3.86. The number of nitrogens with one attached hydrogen (secondary N) is 4. The fourth-order valence-corrected chi connectivity index (χ4v) is 14.9. The van der Waals surface area contributed by atoms with Crippen LogP contribution in [0.15, 0.2) is 0 Å². The Morgan fingerprint density at radius 3 is 1.00 bits per heavy atom. The SMILES string of the molecule is CC(C(S(=O)(=O)NCCCCC#N)(S(=O)(=O)NCCCCC#N)S(=O)(=O)NCCCCC#N)S(=O)(=O)NCCCCC#N. The molecule has 0 aliphatic rings. The fraction of sp³-hybridized carbons (Fsp3) is 0.826. The Hall–Kier alpha value is -2.40. The predicted molar refractivity (Wildman–Crippen MR) is 158 cm³/mol. The zero-order valence-electron chi connectivity index (χ0n) is 24.1. The van der Waals surface area contributed by atoms with Crippen LogP contribution in [0.4, 0.5) is 0 Å². The molecule has 0 amide bonds. The van der Waals surface area contributed by atoms with E-state index in [1.54, 1.807) is 0 Å². The highest BCUT2D eigenvalue weighted by atomic mass is 32.3. The van der Waals surface area contributed by atoms with Crippen LogP contribution in [0, 0.1) is 45.3 Å². The molecule has 0 rings (SSSR count). The van der Waals surface area contributed by atoms with Gasteiger partial charge >= 0.3 is 3.41 Å². The minimum atomic E-state index is -5.60. The molecule has 0 spiro atoms. The van der Waals surface area contributed by atoms with E-state index in [1.165, 1.54) is 0 Å². The Balaban J connectivity index is 7.06. The molecule has 0 aromatic rings. The largest absolute Gasteiger partial charge is 0.330 e. The molecular weight excluding hydrogens is 645 g/mol. The first kappa shape index (κ1) is 40.6. The molecule has 0 bridgehead atoms. The third-order valence-electron chi connectivity index (χ3n) is 6.13. The standard InChI is InChI=1S/C23H40N8O8S4/c1-22(40(32,33)28-18-10-2-6-14-24)23(41(34,35)29-19-11-3-7-15-25,42(36,37)30-20-12-4-8-16-26)43(38,39)31-21-13-5-9-17-27/h22,28-31H,2-13,18-21H2,1H3. The Labute approximate surface area is 256 Å². The van der Waals surface area contributed by atoms with Gasteiger partial charge in [0.25, 0.3) is 30.1 Å². The monoisotopic (exact) mass is 684 g/mol. The van der Waals surface area contributed by atoms with Gasteiger partial charge in [-0.15, -0.1) is 0 Å². The molecular formula is C23H40N8O8S4. The number of sulfonamides is 4. The van der Waals surface area contributed by atoms with E-state index in [0.717, 1.165) is 0 Å². The lowest BCUT2D eigenvalue weighted by Crippen LogP contribution is -2.70. The van der Waals surface area contributed by atoms with Crippen molar-refractivity contribution < 1.29 is 33.7 Å². The van der Waals surface area contributed by atoms with Gasteiger partial charge in [0.1, 0.15) is 5.25 Å². The molecule has 0 radical (unpaired) electrons. The second kappa shape index (κ2) is 19.8. The van der Waals surface area contributed by atoms with Crippen LogP contribution in [0.5, 0.6) is 0 Å². The summed E-state index contributed by atoms with van der Waals surface area (Å²) in [6.07, 6.45) is 1.25. The lowest BCUT2D eigenvalue weighted by atomic mass is 10.2. The minimum absolute atomic E-state index is 0.0183. The van der Waals surface area contributed by atoms with Crippen molar-refractivity contribution in [2.45, 2.75) is 92.6 Å². The number of nitrogens with zero attached hydrogens (tertiary/aromatic N) is 4. The maximum atomic E-state index is 13.9. The van der Waals surface area contributed by atoms with Gasteiger partial charge in [-0.25, -0.2) is 52.6 Å². The van der Waals surface area contributed by atoms with Gasteiger partial charge in [0.2, 0.25) is 10.0 Å². The molecule has 20 heteroatoms. The van der Waals surface area contributed by atoms with Gasteiger partial charge in [-0.3, -0.25) is 0 Å². The van der Waals surface area contributed by atoms with Crippen molar-refractivity contribution >= 4 is 40.1 Å². The zero-order valence-corrected chi connectivity index (χ0v) is 27.3. The Bertz CT molecular complexity index is 1340. The average Bonchev–Trinajstić information content (AvgIpc) is 2.92. The summed E-state index contributed by atoms with van der Waals surface area (Å²) in [7, 11) is -21.8. The Morgan fingerprint density at radius 1 is 0.488 bits per heavy atom. The second-order valence-electron chi connectivity index (χ2n) is 9.34. The summed E-state index contributed by atoms with van der Waals surface area (Å²) >= 11 is 0. The highest BCUT2D eigenvalue weighted by Gasteiger charge is 2.71. The third kappa shape index (κ3) is 11.9. The number of unbranched alkanes of at least 4 members (excludes halogenated alkanes) is 8. The first-order chi connectivity index (χ1) is 20.1. The lowest BCUT2D eigenvalue weighted by molar-refractivity contribution is 0.511. The van der Waals surface area contributed by atoms with Crippen molar-refractivity contribution in [3.8, 4) is 24.3 Å². The molecule has 0 fully saturated rings. The van der Waals surface area contributed by atoms with Crippen molar-refractivity contribution in [1.82, 2.24) is 18.9 Å². The van der Waals surface area contributed by atoms with E-state index in [9.17, 15) is 33.7 Å². The zero-order chi connectivity index (χ0) is 33.0. The normalized spacial score (nSPS) is 13.3. The summed E-state index contributed by atoms with van der Waals surface area (Å²) in [5, 5.41) is 32.2. The van der Waals surface area contributed by atoms with Crippen LogP contribution in [-0.4, -0.2) is 68.5 Å². The predicted octanol–water partition coefficient (Wildman–Crippen LogP) is 0.482. The Kier molecular flexibility index (Phi) is 18.7. The molecule has 16 nitrogen and oxygen atoms in total. The summed E-state index contributed by atoms with van der Waals surface area (Å²) in [6, 6.07) is 7.44. The number of nitriles is 4. The van der Waals surface area contributed by atoms with Crippen LogP contribution in [0.3, 0.4) is 0 Å². The van der Waals surface area contributed by atoms with E-state index in [4.69, 9.17) is 21.0 Å². The molecule has 0 saturated carbocycles. The first-order valence-corrected chi connectivity index (χ1v) is 19.6. The average molecular weight is 685 g/mol. The van der Waals surface area contributed by atoms with Crippen LogP contribution in [0.1, 0.15) is 84.0 Å². The molecule has 0 aromatic heterocycles. The van der Waals surface area contributed by atoms with Crippen molar-refractivity contribution in [1.29, 1.82) is 21.0 Å². The molecule has 0 aromatic carbocycles. The van der Waals surface area contributed by atoms with Crippen molar-refractivity contribution in [3.63, 3.8) is 0 Å². The van der Waals surface area contributed by atoms with E-state index in [2.05, 4.69) is 4.72 Å². The summed E-state index contributed by atoms with van der Waals surface area (Å²) in [4.78, 5) is 0. The van der Waals surface area contributed by atoms with Gasteiger partial charge in [-0.1, -0.05) is 0 Å². The van der Waals surface area contributed by atoms with Crippen molar-refractivity contribution in [2.24, 2.45) is 0 Å². The Morgan fingerprint density at radius 2 is 0.744 bits per heavy atom. The van der Waals surface area contributed by atoms with E-state index in [-0.39, 0.29) is 83.6 Å². The van der Waals surface area contributed by atoms with E-state index >= 15 is 0 Å². The number of hydrogen-bond donors (Lipinski definition) is 4. The summed E-state index contributed by atoms with van der Waals surface area (Å²) in [6.45, 7) is -1.13. The smallest absolute Gasteiger partial charge is 0.215 e. The first-order valence-electron chi connectivity index (χ1n) is 13.6. The number of rotatable bonds is 25. The van der Waals surface area contributed by atoms with Gasteiger partial charge in [0.05, 0.1) is 24.3 Å². The van der Waals surface area contributed by atoms with Crippen LogP contribution in [-0.2, 0) is 40.1 Å². The second-order valence-corrected chi connectivity index (χ2v) is 18.0. The van der Waals surface area contributed by atoms with Crippen LogP contribution in [0.2, 0.25) is 0 Å². The van der Waals surface area contributed by atoms with Gasteiger partial charge < -0.3 is 0 Å². The van der Waals surface area contributed by atoms with Crippen molar-refractivity contribution in [3.05, 3.63) is 0 Å². The molecule has 1 atom stereocenters. The summed E-state index contributed by atoms with van der Waals surface area (Å²) in [5.41, 5.74) is 0. The molecule has 0 aliphatic heterocycles. The maximum absolute atomic E-state index is 13.9. The maximum Gasteiger partial charge on any atom is 0.330 e. The molecule has 4 N–H and O–H groups in total. The highest BCUT2D eigenvalue weighted by molar-refractivity contribution is 8.25. The van der Waals surface area contributed by atoms with Crippen LogP contribution >= 0.6 is 0 Å². The van der Waals surface area contributed by atoms with Gasteiger partial charge in [-0.2, -0.15) is 21.0 Å². The lowest BCUT2D eigenvalue weighted by Gasteiger charge is -2.36. The summed E-state index contributed by atoms with van der Waals surface area (Å²) in [5.74, 6) is 0. The van der Waals surface area contributed by atoms with Crippen molar-refractivity contribution in [2.75, 3.05) is 26.2 Å². The molecule has 1 unspecified atom stereocenters. The van der Waals surface area contributed by atoms with E-state index in [0.29, 0.717) is 6.92 Å². The van der Waals surface area contributed by atoms with Crippen LogP contribution in [0.25, 0.3) is 0 Å². The quantitative estimate of drug-likeness (QED) is 0.0956. The molecule has 43 heavy (non-hydrogen) atoms. The number of hydrogen-bond acceptors (Lipinski definition) is 12. The van der Waals surface area contributed by atoms with Crippen LogP contribution < -0.4 is 18.9 Å².